The maximum Gasteiger partial charge on any atom is 0.323 e. The normalized spacial score (nSPS) is 25.6. The second kappa shape index (κ2) is 6.92. The number of amides is 1. The Bertz CT molecular complexity index is 323. The summed E-state index contributed by atoms with van der Waals surface area (Å²) in [5, 5.41) is 8.81. The Morgan fingerprint density at radius 1 is 1.11 bits per heavy atom. The van der Waals surface area contributed by atoms with Gasteiger partial charge in [0.1, 0.15) is 6.54 Å². The minimum Gasteiger partial charge on any atom is -0.480 e. The summed E-state index contributed by atoms with van der Waals surface area (Å²) >= 11 is 0. The Hall–Kier alpha value is -1.06. The zero-order chi connectivity index (χ0) is 13.7. The lowest BCUT2D eigenvalue weighted by Crippen LogP contribution is -2.43. The van der Waals surface area contributed by atoms with E-state index in [2.05, 4.69) is 0 Å². The van der Waals surface area contributed by atoms with E-state index in [9.17, 15) is 9.59 Å². The third-order valence-electron chi connectivity index (χ3n) is 4.62. The molecule has 1 aliphatic heterocycles. The average Bonchev–Trinajstić information content (AvgIpc) is 2.40. The monoisotopic (exact) mass is 267 g/mol. The van der Waals surface area contributed by atoms with Crippen molar-refractivity contribution in [2.24, 2.45) is 11.8 Å². The van der Waals surface area contributed by atoms with Gasteiger partial charge in [0.15, 0.2) is 0 Å². The molecule has 0 aromatic carbocycles. The first-order valence-electron chi connectivity index (χ1n) is 7.67. The topological polar surface area (TPSA) is 57.6 Å². The number of nitrogens with zero attached hydrogens (tertiary/aromatic N) is 1. The Balaban J connectivity index is 1.78. The van der Waals surface area contributed by atoms with Crippen molar-refractivity contribution in [3.63, 3.8) is 0 Å². The molecule has 2 fully saturated rings. The van der Waals surface area contributed by atoms with Gasteiger partial charge in [0, 0.05) is 12.5 Å². The zero-order valence-electron chi connectivity index (χ0n) is 11.6. The summed E-state index contributed by atoms with van der Waals surface area (Å²) in [5.74, 6) is 0.0529. The molecule has 4 heteroatoms. The highest BCUT2D eigenvalue weighted by atomic mass is 16.4. The maximum atomic E-state index is 12.2. The van der Waals surface area contributed by atoms with Crippen LogP contribution in [0.2, 0.25) is 0 Å². The molecular formula is C15H25NO3. The van der Waals surface area contributed by atoms with Crippen LogP contribution in [0.1, 0.15) is 57.8 Å². The molecule has 0 bridgehead atoms. The minimum atomic E-state index is -0.902. The van der Waals surface area contributed by atoms with Crippen LogP contribution in [-0.4, -0.2) is 35.0 Å². The number of rotatable bonds is 5. The van der Waals surface area contributed by atoms with Crippen molar-refractivity contribution in [1.82, 2.24) is 4.90 Å². The fourth-order valence-corrected chi connectivity index (χ4v) is 3.52. The zero-order valence-corrected chi connectivity index (χ0v) is 11.6. The molecule has 19 heavy (non-hydrogen) atoms. The van der Waals surface area contributed by atoms with Crippen molar-refractivity contribution in [3.05, 3.63) is 0 Å². The van der Waals surface area contributed by atoms with Gasteiger partial charge in [0.25, 0.3) is 0 Å². The Morgan fingerprint density at radius 2 is 1.84 bits per heavy atom. The summed E-state index contributed by atoms with van der Waals surface area (Å²) in [4.78, 5) is 24.5. The van der Waals surface area contributed by atoms with Crippen LogP contribution in [0.4, 0.5) is 0 Å². The van der Waals surface area contributed by atoms with Crippen molar-refractivity contribution in [3.8, 4) is 0 Å². The lowest BCUT2D eigenvalue weighted by molar-refractivity contribution is -0.148. The average molecular weight is 267 g/mol. The van der Waals surface area contributed by atoms with Gasteiger partial charge in [-0.15, -0.1) is 0 Å². The van der Waals surface area contributed by atoms with Gasteiger partial charge in [-0.25, -0.2) is 0 Å². The second-order valence-corrected chi connectivity index (χ2v) is 6.07. The van der Waals surface area contributed by atoms with Crippen LogP contribution in [0.5, 0.6) is 0 Å². The third kappa shape index (κ3) is 4.22. The van der Waals surface area contributed by atoms with Gasteiger partial charge >= 0.3 is 5.97 Å². The summed E-state index contributed by atoms with van der Waals surface area (Å²) in [6.07, 6.45) is 10.7. The smallest absolute Gasteiger partial charge is 0.323 e. The van der Waals surface area contributed by atoms with Gasteiger partial charge in [-0.05, 0) is 31.6 Å². The third-order valence-corrected chi connectivity index (χ3v) is 4.62. The molecule has 1 saturated carbocycles. The van der Waals surface area contributed by atoms with E-state index >= 15 is 0 Å². The molecular weight excluding hydrogens is 242 g/mol. The lowest BCUT2D eigenvalue weighted by Gasteiger charge is -2.32. The minimum absolute atomic E-state index is 0.0736. The predicted molar refractivity (Wildman–Crippen MR) is 72.7 cm³/mol. The molecule has 1 atom stereocenters. The summed E-state index contributed by atoms with van der Waals surface area (Å²) in [5.41, 5.74) is 0. The highest BCUT2D eigenvalue weighted by molar-refractivity contribution is 5.83. The highest BCUT2D eigenvalue weighted by Gasteiger charge is 2.30. The first-order valence-corrected chi connectivity index (χ1v) is 7.67. The Labute approximate surface area is 115 Å². The van der Waals surface area contributed by atoms with E-state index in [1.807, 2.05) is 0 Å². The number of carboxylic acid groups (broad SMARTS) is 1. The first-order chi connectivity index (χ1) is 9.16. The number of hydrogen-bond acceptors (Lipinski definition) is 2. The number of carbonyl (C=O) groups is 2. The first kappa shape index (κ1) is 14.4. The molecule has 1 N–H and O–H groups in total. The molecule has 0 aromatic rings. The molecule has 1 aliphatic carbocycles. The van der Waals surface area contributed by atoms with E-state index in [0.717, 1.165) is 31.6 Å². The van der Waals surface area contributed by atoms with E-state index in [1.54, 1.807) is 0 Å². The van der Waals surface area contributed by atoms with Gasteiger partial charge in [0.05, 0.1) is 0 Å². The van der Waals surface area contributed by atoms with Gasteiger partial charge in [0.2, 0.25) is 5.91 Å². The van der Waals surface area contributed by atoms with E-state index in [1.165, 1.54) is 37.0 Å². The predicted octanol–water partition coefficient (Wildman–Crippen LogP) is 2.67. The van der Waals surface area contributed by atoms with E-state index < -0.39 is 5.97 Å². The van der Waals surface area contributed by atoms with E-state index in [4.69, 9.17) is 5.11 Å². The van der Waals surface area contributed by atoms with Crippen molar-refractivity contribution in [2.45, 2.75) is 57.8 Å². The summed E-state index contributed by atoms with van der Waals surface area (Å²) in [6.45, 7) is 0.490. The van der Waals surface area contributed by atoms with Crippen molar-refractivity contribution < 1.29 is 14.7 Å². The van der Waals surface area contributed by atoms with E-state index in [0.29, 0.717) is 6.54 Å². The van der Waals surface area contributed by atoms with Crippen LogP contribution in [0, 0.1) is 11.8 Å². The molecule has 1 amide bonds. The number of hydrogen-bond donors (Lipinski definition) is 1. The molecule has 4 nitrogen and oxygen atoms in total. The summed E-state index contributed by atoms with van der Waals surface area (Å²) in [6, 6.07) is 0. The molecule has 1 saturated heterocycles. The number of carboxylic acids is 1. The molecule has 2 rings (SSSR count). The van der Waals surface area contributed by atoms with Crippen LogP contribution in [0.25, 0.3) is 0 Å². The molecule has 0 spiro atoms. The fourth-order valence-electron chi connectivity index (χ4n) is 3.52. The van der Waals surface area contributed by atoms with Gasteiger partial charge in [-0.2, -0.15) is 0 Å². The number of likely N-dealkylation sites (tertiary alicyclic amines) is 1. The SMILES string of the molecule is O=C(O)CN1CCCC(CCC2CCCCC2)C1=O. The summed E-state index contributed by atoms with van der Waals surface area (Å²) in [7, 11) is 0. The molecule has 0 aromatic heterocycles. The van der Waals surface area contributed by atoms with E-state index in [-0.39, 0.29) is 18.4 Å². The van der Waals surface area contributed by atoms with Crippen LogP contribution in [-0.2, 0) is 9.59 Å². The number of carbonyl (C=O) groups excluding carboxylic acids is 1. The fraction of sp³-hybridized carbons (Fsp3) is 0.867. The van der Waals surface area contributed by atoms with Crippen LogP contribution >= 0.6 is 0 Å². The van der Waals surface area contributed by atoms with Crippen LogP contribution in [0.15, 0.2) is 0 Å². The molecule has 1 heterocycles. The molecule has 2 aliphatic rings. The number of piperidine rings is 1. The summed E-state index contributed by atoms with van der Waals surface area (Å²) < 4.78 is 0. The second-order valence-electron chi connectivity index (χ2n) is 6.07. The Kier molecular flexibility index (Phi) is 5.23. The Morgan fingerprint density at radius 3 is 2.53 bits per heavy atom. The van der Waals surface area contributed by atoms with Crippen LogP contribution in [0.3, 0.4) is 0 Å². The van der Waals surface area contributed by atoms with Gasteiger partial charge < -0.3 is 10.0 Å². The van der Waals surface area contributed by atoms with Crippen molar-refractivity contribution in [2.75, 3.05) is 13.1 Å². The van der Waals surface area contributed by atoms with Crippen molar-refractivity contribution in [1.29, 1.82) is 0 Å². The van der Waals surface area contributed by atoms with Gasteiger partial charge in [-0.1, -0.05) is 32.1 Å². The maximum absolute atomic E-state index is 12.2. The highest BCUT2D eigenvalue weighted by Crippen LogP contribution is 2.31. The van der Waals surface area contributed by atoms with Gasteiger partial charge in [-0.3, -0.25) is 9.59 Å². The quantitative estimate of drug-likeness (QED) is 0.833. The lowest BCUT2D eigenvalue weighted by atomic mass is 9.82. The van der Waals surface area contributed by atoms with Crippen LogP contribution < -0.4 is 0 Å². The molecule has 0 radical (unpaired) electrons. The molecule has 108 valence electrons. The largest absolute Gasteiger partial charge is 0.480 e. The standard InChI is InChI=1S/C15H25NO3/c17-14(18)11-16-10-4-7-13(15(16)19)9-8-12-5-2-1-3-6-12/h12-13H,1-11H2,(H,17,18). The number of aliphatic carboxylic acids is 1. The van der Waals surface area contributed by atoms with Crippen molar-refractivity contribution >= 4 is 11.9 Å². The molecule has 1 unspecified atom stereocenters.